The summed E-state index contributed by atoms with van der Waals surface area (Å²) in [6.07, 6.45) is 0. The number of benzene rings is 3. The van der Waals surface area contributed by atoms with Gasteiger partial charge in [0.1, 0.15) is 5.75 Å². The Morgan fingerprint density at radius 3 is 2.45 bits per heavy atom. The number of nitrogens with zero attached hydrogens (tertiary/aromatic N) is 1. The average molecular weight is 431 g/mol. The Balaban J connectivity index is 1.84. The molecule has 4 aromatic rings. The minimum atomic E-state index is -0.477. The fourth-order valence-corrected chi connectivity index (χ4v) is 3.62. The van der Waals surface area contributed by atoms with Crippen LogP contribution in [-0.2, 0) is 4.74 Å². The van der Waals surface area contributed by atoms with E-state index in [0.29, 0.717) is 22.0 Å². The van der Waals surface area contributed by atoms with Crippen LogP contribution in [0.15, 0.2) is 65.5 Å². The fraction of sp³-hybridized carbons (Fsp3) is 0.0417. The van der Waals surface area contributed by atoms with Crippen molar-refractivity contribution in [2.75, 3.05) is 7.11 Å². The molecule has 3 aromatic carbocycles. The molecule has 0 bridgehead atoms. The third-order valence-corrected chi connectivity index (χ3v) is 5.27. The van der Waals surface area contributed by atoms with Gasteiger partial charge in [-0.15, -0.1) is 0 Å². The summed E-state index contributed by atoms with van der Waals surface area (Å²) >= 11 is 6.05. The van der Waals surface area contributed by atoms with Crippen molar-refractivity contribution in [3.8, 4) is 28.0 Å². The van der Waals surface area contributed by atoms with Gasteiger partial charge in [-0.05, 0) is 47.0 Å². The monoisotopic (exact) mass is 430 g/mol. The Kier molecular flexibility index (Phi) is 5.20. The summed E-state index contributed by atoms with van der Waals surface area (Å²) in [5.74, 6) is -0.648. The van der Waals surface area contributed by atoms with Gasteiger partial charge >= 0.3 is 5.97 Å². The van der Waals surface area contributed by atoms with Gasteiger partial charge in [0.05, 0.1) is 30.3 Å². The number of fused-ring (bicyclic) bond motifs is 1. The smallest absolute Gasteiger partial charge is 0.337 e. The second-order valence-corrected chi connectivity index (χ2v) is 7.20. The highest BCUT2D eigenvalue weighted by atomic mass is 35.5. The van der Waals surface area contributed by atoms with E-state index in [0.717, 1.165) is 11.1 Å². The predicted molar refractivity (Wildman–Crippen MR) is 120 cm³/mol. The molecule has 2 N–H and O–H groups in total. The normalized spacial score (nSPS) is 10.6. The van der Waals surface area contributed by atoms with Crippen LogP contribution in [0.3, 0.4) is 0 Å². The number of methoxy groups -OCH3 is 1. The molecule has 0 unspecified atom stereocenters. The first-order chi connectivity index (χ1) is 14.9. The highest BCUT2D eigenvalue weighted by Crippen LogP contribution is 2.38. The minimum absolute atomic E-state index is 0.0961. The van der Waals surface area contributed by atoms with Gasteiger partial charge in [0.2, 0.25) is 5.69 Å². The summed E-state index contributed by atoms with van der Waals surface area (Å²) in [6, 6.07) is 16.9. The first-order valence-electron chi connectivity index (χ1n) is 9.18. The van der Waals surface area contributed by atoms with Gasteiger partial charge in [-0.1, -0.05) is 41.9 Å². The molecule has 4 rings (SSSR count). The Morgan fingerprint density at radius 2 is 1.77 bits per heavy atom. The molecular formula is C24H15ClN2O4. The summed E-state index contributed by atoms with van der Waals surface area (Å²) in [4.78, 5) is 30.5. The number of ether oxygens (including phenoxy) is 1. The topological polar surface area (TPSA) is 83.8 Å². The minimum Gasteiger partial charge on any atom is -0.506 e. The van der Waals surface area contributed by atoms with Crippen molar-refractivity contribution in [1.29, 1.82) is 0 Å². The van der Waals surface area contributed by atoms with Crippen molar-refractivity contribution in [2.45, 2.75) is 0 Å². The SMILES string of the molecule is [C-]#[N+]c1cc2c(O)c(-c3cccc(-c4ccc(C(=O)OC)cc4)c3)c(=O)[nH]c2cc1Cl. The number of aromatic hydroxyl groups is 1. The number of carbonyl (C=O) groups is 1. The van der Waals surface area contributed by atoms with Crippen molar-refractivity contribution in [3.63, 3.8) is 0 Å². The van der Waals surface area contributed by atoms with E-state index in [2.05, 4.69) is 9.83 Å². The van der Waals surface area contributed by atoms with Crippen molar-refractivity contribution >= 4 is 34.2 Å². The second kappa shape index (κ2) is 7.98. The molecule has 0 fully saturated rings. The van der Waals surface area contributed by atoms with Crippen LogP contribution in [-0.4, -0.2) is 23.2 Å². The first kappa shape index (κ1) is 20.2. The molecular weight excluding hydrogens is 416 g/mol. The first-order valence-corrected chi connectivity index (χ1v) is 9.56. The van der Waals surface area contributed by atoms with Gasteiger partial charge in [-0.2, -0.15) is 0 Å². The summed E-state index contributed by atoms with van der Waals surface area (Å²) in [5, 5.41) is 11.4. The highest BCUT2D eigenvalue weighted by Gasteiger charge is 2.16. The lowest BCUT2D eigenvalue weighted by molar-refractivity contribution is 0.0600. The molecule has 7 heteroatoms. The van der Waals surface area contributed by atoms with E-state index >= 15 is 0 Å². The molecule has 0 radical (unpaired) electrons. The number of nitrogens with one attached hydrogen (secondary N) is 1. The van der Waals surface area contributed by atoms with Crippen LogP contribution in [0.1, 0.15) is 10.4 Å². The van der Waals surface area contributed by atoms with E-state index in [9.17, 15) is 14.7 Å². The molecule has 0 amide bonds. The zero-order valence-corrected chi connectivity index (χ0v) is 17.0. The van der Waals surface area contributed by atoms with E-state index in [1.54, 1.807) is 42.5 Å². The van der Waals surface area contributed by atoms with Crippen LogP contribution >= 0.6 is 11.6 Å². The Bertz CT molecular complexity index is 1430. The van der Waals surface area contributed by atoms with Gasteiger partial charge in [0.25, 0.3) is 5.56 Å². The molecule has 0 aliphatic heterocycles. The number of aromatic amines is 1. The molecule has 1 aromatic heterocycles. The predicted octanol–water partition coefficient (Wildman–Crippen LogP) is 5.56. The maximum atomic E-state index is 12.8. The lowest BCUT2D eigenvalue weighted by atomic mass is 9.97. The molecule has 0 saturated carbocycles. The van der Waals surface area contributed by atoms with Crippen molar-refractivity contribution < 1.29 is 14.6 Å². The number of halogens is 1. The number of rotatable bonds is 3. The van der Waals surface area contributed by atoms with Crippen LogP contribution in [0, 0.1) is 6.57 Å². The fourth-order valence-electron chi connectivity index (χ4n) is 3.41. The molecule has 0 aliphatic carbocycles. The van der Waals surface area contributed by atoms with E-state index in [4.69, 9.17) is 22.9 Å². The second-order valence-electron chi connectivity index (χ2n) is 6.79. The number of pyridine rings is 1. The van der Waals surface area contributed by atoms with Gasteiger partial charge in [-0.25, -0.2) is 9.64 Å². The Morgan fingerprint density at radius 1 is 1.06 bits per heavy atom. The van der Waals surface area contributed by atoms with Crippen LogP contribution in [0.2, 0.25) is 5.02 Å². The third kappa shape index (κ3) is 3.63. The van der Waals surface area contributed by atoms with Crippen LogP contribution < -0.4 is 5.56 Å². The van der Waals surface area contributed by atoms with Crippen molar-refractivity contribution in [1.82, 2.24) is 4.98 Å². The lowest BCUT2D eigenvalue weighted by Crippen LogP contribution is -2.09. The van der Waals surface area contributed by atoms with Gasteiger partial charge < -0.3 is 14.8 Å². The molecule has 0 saturated heterocycles. The lowest BCUT2D eigenvalue weighted by Gasteiger charge is -2.11. The van der Waals surface area contributed by atoms with E-state index in [1.165, 1.54) is 19.2 Å². The van der Waals surface area contributed by atoms with E-state index < -0.39 is 11.5 Å². The van der Waals surface area contributed by atoms with Gasteiger partial charge in [0, 0.05) is 10.4 Å². The summed E-state index contributed by atoms with van der Waals surface area (Å²) in [5.41, 5.74) is 2.71. The van der Waals surface area contributed by atoms with E-state index in [-0.39, 0.29) is 22.0 Å². The molecule has 0 spiro atoms. The zero-order chi connectivity index (χ0) is 22.1. The number of hydrogen-bond donors (Lipinski definition) is 2. The molecule has 0 atom stereocenters. The molecule has 31 heavy (non-hydrogen) atoms. The zero-order valence-electron chi connectivity index (χ0n) is 16.3. The number of hydrogen-bond acceptors (Lipinski definition) is 4. The number of aromatic nitrogens is 1. The third-order valence-electron chi connectivity index (χ3n) is 4.97. The van der Waals surface area contributed by atoms with Crippen molar-refractivity contribution in [3.05, 3.63) is 93.0 Å². The number of esters is 1. The Hall–Kier alpha value is -4.08. The van der Waals surface area contributed by atoms with Gasteiger partial charge in [0.15, 0.2) is 0 Å². The number of H-pyrrole nitrogens is 1. The maximum absolute atomic E-state index is 12.8. The summed E-state index contributed by atoms with van der Waals surface area (Å²) in [7, 11) is 1.32. The quantitative estimate of drug-likeness (QED) is 0.329. The van der Waals surface area contributed by atoms with Crippen LogP contribution in [0.4, 0.5) is 5.69 Å². The number of carbonyl (C=O) groups excluding carboxylic acids is 1. The average Bonchev–Trinajstić information content (AvgIpc) is 2.78. The molecule has 6 nitrogen and oxygen atoms in total. The summed E-state index contributed by atoms with van der Waals surface area (Å²) in [6.45, 7) is 7.23. The molecule has 1 heterocycles. The van der Waals surface area contributed by atoms with E-state index in [1.807, 2.05) is 6.07 Å². The standard InChI is InChI=1S/C24H15ClN2O4/c1-26-20-11-17-19(12-18(20)25)27-23(29)21(22(17)28)16-5-3-4-15(10-16)13-6-8-14(9-7-13)24(30)31-2/h3-12H,2H3,(H2,27,28,29). The van der Waals surface area contributed by atoms with Crippen LogP contribution in [0.25, 0.3) is 38.0 Å². The maximum Gasteiger partial charge on any atom is 0.337 e. The molecule has 0 aliphatic rings. The highest BCUT2D eigenvalue weighted by molar-refractivity contribution is 6.34. The Labute approximate surface area is 182 Å². The summed E-state index contributed by atoms with van der Waals surface area (Å²) < 4.78 is 4.71. The van der Waals surface area contributed by atoms with Crippen molar-refractivity contribution in [2.24, 2.45) is 0 Å². The molecule has 152 valence electrons. The largest absolute Gasteiger partial charge is 0.506 e. The van der Waals surface area contributed by atoms with Gasteiger partial charge in [-0.3, -0.25) is 4.79 Å². The van der Waals surface area contributed by atoms with Crippen LogP contribution in [0.5, 0.6) is 5.75 Å².